The number of amides is 1. The first kappa shape index (κ1) is 16.2. The molecule has 1 heterocycles. The van der Waals surface area contributed by atoms with E-state index < -0.39 is 17.9 Å². The van der Waals surface area contributed by atoms with Crippen LogP contribution in [0.5, 0.6) is 0 Å². The van der Waals surface area contributed by atoms with E-state index in [2.05, 4.69) is 10.4 Å². The van der Waals surface area contributed by atoms with Gasteiger partial charge in [-0.15, -0.1) is 0 Å². The number of nitrogens with one attached hydrogen (secondary N) is 1. The molecule has 0 aliphatic heterocycles. The second-order valence-electron chi connectivity index (χ2n) is 4.16. The molecule has 0 saturated carbocycles. The highest BCUT2D eigenvalue weighted by molar-refractivity contribution is 6.31. The van der Waals surface area contributed by atoms with Crippen molar-refractivity contribution in [1.29, 1.82) is 0 Å². The molecule has 1 amide bonds. The second kappa shape index (κ2) is 7.06. The lowest BCUT2D eigenvalue weighted by Gasteiger charge is -2.11. The number of carbonyl (C=O) groups is 2. The van der Waals surface area contributed by atoms with Crippen molar-refractivity contribution in [3.63, 3.8) is 0 Å². The predicted octanol–water partition coefficient (Wildman–Crippen LogP) is 0.347. The highest BCUT2D eigenvalue weighted by Gasteiger charge is 2.18. The fourth-order valence-corrected chi connectivity index (χ4v) is 1.84. The molecule has 110 valence electrons. The number of aliphatic hydroxyl groups is 1. The van der Waals surface area contributed by atoms with Gasteiger partial charge in [0.2, 0.25) is 5.91 Å². The topological polar surface area (TPSA) is 104 Å². The van der Waals surface area contributed by atoms with Crippen LogP contribution in [0, 0.1) is 6.92 Å². The Balaban J connectivity index is 2.74. The Hall–Kier alpha value is -1.86. The maximum absolute atomic E-state index is 11.6. The van der Waals surface area contributed by atoms with E-state index in [0.29, 0.717) is 16.4 Å². The second-order valence-corrected chi connectivity index (χ2v) is 4.52. The van der Waals surface area contributed by atoms with Crippen LogP contribution in [0.3, 0.4) is 0 Å². The molecule has 8 heteroatoms. The van der Waals surface area contributed by atoms with Gasteiger partial charge >= 0.3 is 5.97 Å². The van der Waals surface area contributed by atoms with Crippen molar-refractivity contribution >= 4 is 29.6 Å². The van der Waals surface area contributed by atoms with Gasteiger partial charge in [-0.05, 0) is 13.0 Å². The number of carboxylic acid groups (broad SMARTS) is 1. The number of carboxylic acids is 1. The van der Waals surface area contributed by atoms with E-state index in [4.69, 9.17) is 21.8 Å². The van der Waals surface area contributed by atoms with Gasteiger partial charge in [0.05, 0.1) is 5.69 Å². The Labute approximate surface area is 120 Å². The number of hydrogen-bond acceptors (Lipinski definition) is 4. The molecule has 1 atom stereocenters. The maximum atomic E-state index is 11.6. The highest BCUT2D eigenvalue weighted by atomic mass is 35.5. The molecule has 0 radical (unpaired) electrons. The Morgan fingerprint density at radius 3 is 2.65 bits per heavy atom. The lowest BCUT2D eigenvalue weighted by atomic mass is 10.2. The summed E-state index contributed by atoms with van der Waals surface area (Å²) in [7, 11) is 1.68. The zero-order valence-corrected chi connectivity index (χ0v) is 11.9. The van der Waals surface area contributed by atoms with E-state index in [1.807, 2.05) is 0 Å². The normalized spacial score (nSPS) is 12.6. The van der Waals surface area contributed by atoms with Crippen LogP contribution in [0.25, 0.3) is 6.08 Å². The van der Waals surface area contributed by atoms with Gasteiger partial charge < -0.3 is 15.5 Å². The van der Waals surface area contributed by atoms with Crippen molar-refractivity contribution in [2.45, 2.75) is 19.4 Å². The SMILES string of the molecule is Cc1nn(C)c(Cl)c1/C=C/C(=O)NC(CCO)C(=O)O. The molecule has 20 heavy (non-hydrogen) atoms. The average molecular weight is 302 g/mol. The summed E-state index contributed by atoms with van der Waals surface area (Å²) in [6.45, 7) is 1.42. The zero-order valence-electron chi connectivity index (χ0n) is 11.1. The minimum absolute atomic E-state index is 0.0540. The van der Waals surface area contributed by atoms with E-state index in [9.17, 15) is 9.59 Å². The molecule has 0 aliphatic carbocycles. The summed E-state index contributed by atoms with van der Waals surface area (Å²) < 4.78 is 1.47. The number of aryl methyl sites for hydroxylation is 2. The molecule has 0 aliphatic rings. The molecular formula is C12H16ClN3O4. The Kier molecular flexibility index (Phi) is 5.72. The first-order chi connectivity index (χ1) is 9.36. The molecule has 0 saturated heterocycles. The molecular weight excluding hydrogens is 286 g/mol. The van der Waals surface area contributed by atoms with Crippen molar-refractivity contribution in [3.8, 4) is 0 Å². The van der Waals surface area contributed by atoms with E-state index in [1.165, 1.54) is 16.8 Å². The van der Waals surface area contributed by atoms with Crippen molar-refractivity contribution in [3.05, 3.63) is 22.5 Å². The fraction of sp³-hybridized carbons (Fsp3) is 0.417. The first-order valence-electron chi connectivity index (χ1n) is 5.88. The van der Waals surface area contributed by atoms with Crippen molar-refractivity contribution in [1.82, 2.24) is 15.1 Å². The predicted molar refractivity (Wildman–Crippen MR) is 73.3 cm³/mol. The van der Waals surface area contributed by atoms with Gasteiger partial charge in [-0.1, -0.05) is 11.6 Å². The Morgan fingerprint density at radius 1 is 1.55 bits per heavy atom. The third kappa shape index (κ3) is 4.07. The van der Waals surface area contributed by atoms with Crippen LogP contribution >= 0.6 is 11.6 Å². The summed E-state index contributed by atoms with van der Waals surface area (Å²) in [4.78, 5) is 22.4. The number of aromatic nitrogens is 2. The van der Waals surface area contributed by atoms with Crippen LogP contribution in [0.2, 0.25) is 5.15 Å². The fourth-order valence-electron chi connectivity index (χ4n) is 1.60. The van der Waals surface area contributed by atoms with E-state index in [-0.39, 0.29) is 13.0 Å². The number of hydrogen-bond donors (Lipinski definition) is 3. The highest BCUT2D eigenvalue weighted by Crippen LogP contribution is 2.19. The Morgan fingerprint density at radius 2 is 2.20 bits per heavy atom. The van der Waals surface area contributed by atoms with Crippen molar-refractivity contribution < 1.29 is 19.8 Å². The number of aliphatic carboxylic acids is 1. The van der Waals surface area contributed by atoms with Crippen molar-refractivity contribution in [2.24, 2.45) is 7.05 Å². The smallest absolute Gasteiger partial charge is 0.326 e. The molecule has 1 aromatic rings. The zero-order chi connectivity index (χ0) is 15.3. The molecule has 0 aromatic carbocycles. The summed E-state index contributed by atoms with van der Waals surface area (Å²) in [6.07, 6.45) is 2.60. The number of carbonyl (C=O) groups excluding carboxylic acids is 1. The Bertz CT molecular complexity index is 539. The van der Waals surface area contributed by atoms with Crippen LogP contribution in [0.1, 0.15) is 17.7 Å². The maximum Gasteiger partial charge on any atom is 0.326 e. The van der Waals surface area contributed by atoms with Crippen LogP contribution in [0.15, 0.2) is 6.08 Å². The summed E-state index contributed by atoms with van der Waals surface area (Å²) in [5.74, 6) is -1.78. The molecule has 1 unspecified atom stereocenters. The third-order valence-corrected chi connectivity index (χ3v) is 3.08. The number of nitrogens with zero attached hydrogens (tertiary/aromatic N) is 2. The minimum Gasteiger partial charge on any atom is -0.480 e. The van der Waals surface area contributed by atoms with E-state index >= 15 is 0 Å². The molecule has 0 spiro atoms. The summed E-state index contributed by atoms with van der Waals surface area (Å²) in [6, 6.07) is -1.12. The molecule has 3 N–H and O–H groups in total. The minimum atomic E-state index is -1.20. The van der Waals surface area contributed by atoms with Gasteiger partial charge in [0.25, 0.3) is 0 Å². The summed E-state index contributed by atoms with van der Waals surface area (Å²) in [5, 5.41) is 24.3. The lowest BCUT2D eigenvalue weighted by Crippen LogP contribution is -2.40. The molecule has 1 rings (SSSR count). The number of rotatable bonds is 6. The van der Waals surface area contributed by atoms with Gasteiger partial charge in [0, 0.05) is 31.7 Å². The lowest BCUT2D eigenvalue weighted by molar-refractivity contribution is -0.141. The standard InChI is InChI=1S/C12H16ClN3O4/c1-7-8(11(13)16(2)15-7)3-4-10(18)14-9(5-6-17)12(19)20/h3-4,9,17H,5-6H2,1-2H3,(H,14,18)(H,19,20)/b4-3+. The van der Waals surface area contributed by atoms with Gasteiger partial charge in [-0.2, -0.15) is 5.10 Å². The van der Waals surface area contributed by atoms with E-state index in [1.54, 1.807) is 14.0 Å². The van der Waals surface area contributed by atoms with Crippen LogP contribution in [-0.2, 0) is 16.6 Å². The number of aliphatic hydroxyl groups excluding tert-OH is 1. The van der Waals surface area contributed by atoms with Crippen LogP contribution < -0.4 is 5.32 Å². The van der Waals surface area contributed by atoms with Crippen LogP contribution in [0.4, 0.5) is 0 Å². The van der Waals surface area contributed by atoms with E-state index in [0.717, 1.165) is 0 Å². The van der Waals surface area contributed by atoms with Gasteiger partial charge in [-0.3, -0.25) is 9.48 Å². The molecule has 7 nitrogen and oxygen atoms in total. The summed E-state index contributed by atoms with van der Waals surface area (Å²) >= 11 is 5.99. The van der Waals surface area contributed by atoms with Crippen LogP contribution in [-0.4, -0.2) is 44.5 Å². The monoisotopic (exact) mass is 301 g/mol. The summed E-state index contributed by atoms with van der Waals surface area (Å²) in [5.41, 5.74) is 1.25. The molecule has 1 aromatic heterocycles. The largest absolute Gasteiger partial charge is 0.480 e. The molecule has 0 fully saturated rings. The van der Waals surface area contributed by atoms with Gasteiger partial charge in [0.15, 0.2) is 0 Å². The molecule has 0 bridgehead atoms. The average Bonchev–Trinajstić information content (AvgIpc) is 2.60. The van der Waals surface area contributed by atoms with Gasteiger partial charge in [0.1, 0.15) is 11.2 Å². The first-order valence-corrected chi connectivity index (χ1v) is 6.26. The third-order valence-electron chi connectivity index (χ3n) is 2.63. The van der Waals surface area contributed by atoms with Crippen molar-refractivity contribution in [2.75, 3.05) is 6.61 Å². The van der Waals surface area contributed by atoms with Gasteiger partial charge in [-0.25, -0.2) is 4.79 Å². The number of halogens is 1. The quantitative estimate of drug-likeness (QED) is 0.658.